The highest BCUT2D eigenvalue weighted by atomic mass is 16.7. The maximum atomic E-state index is 11.0. The normalized spacial score (nSPS) is 18.1. The third-order valence-electron chi connectivity index (χ3n) is 3.08. The van der Waals surface area contributed by atoms with Crippen molar-refractivity contribution in [3.8, 4) is 0 Å². The van der Waals surface area contributed by atoms with Gasteiger partial charge in [0.2, 0.25) is 0 Å². The monoisotopic (exact) mass is 248 g/mol. The van der Waals surface area contributed by atoms with E-state index in [4.69, 9.17) is 9.47 Å². The SMILES string of the molecule is CC(C)(C)c1ccc(CC2OCC(=O)CO2)cc1. The Morgan fingerprint density at radius 2 is 1.67 bits per heavy atom. The van der Waals surface area contributed by atoms with Crippen LogP contribution in [0.2, 0.25) is 0 Å². The largest absolute Gasteiger partial charge is 0.344 e. The van der Waals surface area contributed by atoms with Gasteiger partial charge in [0.05, 0.1) is 0 Å². The van der Waals surface area contributed by atoms with Crippen molar-refractivity contribution in [2.45, 2.75) is 38.9 Å². The lowest BCUT2D eigenvalue weighted by Crippen LogP contribution is -2.33. The van der Waals surface area contributed by atoms with E-state index in [1.807, 2.05) is 0 Å². The average Bonchev–Trinajstić information content (AvgIpc) is 2.32. The molecular formula is C15H20O3. The molecule has 0 saturated carbocycles. The summed E-state index contributed by atoms with van der Waals surface area (Å²) in [5, 5.41) is 0. The number of carbonyl (C=O) groups excluding carboxylic acids is 1. The highest BCUT2D eigenvalue weighted by molar-refractivity contribution is 5.81. The van der Waals surface area contributed by atoms with Crippen LogP contribution in [0.25, 0.3) is 0 Å². The fourth-order valence-corrected chi connectivity index (χ4v) is 1.91. The van der Waals surface area contributed by atoms with Gasteiger partial charge in [-0.05, 0) is 16.5 Å². The summed E-state index contributed by atoms with van der Waals surface area (Å²) in [5.41, 5.74) is 2.65. The highest BCUT2D eigenvalue weighted by Crippen LogP contribution is 2.22. The van der Waals surface area contributed by atoms with Crippen molar-refractivity contribution in [2.24, 2.45) is 0 Å². The Labute approximate surface area is 108 Å². The minimum Gasteiger partial charge on any atom is -0.344 e. The Morgan fingerprint density at radius 1 is 1.11 bits per heavy atom. The van der Waals surface area contributed by atoms with E-state index in [9.17, 15) is 4.79 Å². The van der Waals surface area contributed by atoms with Crippen LogP contribution in [0.15, 0.2) is 24.3 Å². The summed E-state index contributed by atoms with van der Waals surface area (Å²) in [5.74, 6) is 0.00864. The molecule has 0 radical (unpaired) electrons. The van der Waals surface area contributed by atoms with Crippen LogP contribution in [0.4, 0.5) is 0 Å². The first kappa shape index (κ1) is 13.2. The summed E-state index contributed by atoms with van der Waals surface area (Å²) in [6.45, 7) is 6.93. The zero-order chi connectivity index (χ0) is 13.2. The first-order valence-corrected chi connectivity index (χ1v) is 6.29. The number of ketones is 1. The van der Waals surface area contributed by atoms with Crippen LogP contribution >= 0.6 is 0 Å². The second kappa shape index (κ2) is 5.21. The number of rotatable bonds is 2. The van der Waals surface area contributed by atoms with Gasteiger partial charge in [0.25, 0.3) is 0 Å². The second-order valence-electron chi connectivity index (χ2n) is 5.74. The van der Waals surface area contributed by atoms with Crippen molar-refractivity contribution in [1.29, 1.82) is 0 Å². The highest BCUT2D eigenvalue weighted by Gasteiger charge is 2.20. The van der Waals surface area contributed by atoms with Crippen LogP contribution in [0.3, 0.4) is 0 Å². The zero-order valence-corrected chi connectivity index (χ0v) is 11.2. The number of ether oxygens (including phenoxy) is 2. The van der Waals surface area contributed by atoms with E-state index in [0.717, 1.165) is 0 Å². The van der Waals surface area contributed by atoms with E-state index in [0.29, 0.717) is 6.42 Å². The summed E-state index contributed by atoms with van der Waals surface area (Å²) in [4.78, 5) is 11.0. The Bertz CT molecular complexity index is 404. The lowest BCUT2D eigenvalue weighted by Gasteiger charge is -2.23. The third-order valence-corrected chi connectivity index (χ3v) is 3.08. The first-order valence-electron chi connectivity index (χ1n) is 6.29. The molecule has 1 aliphatic heterocycles. The molecule has 1 aromatic carbocycles. The standard InChI is InChI=1S/C15H20O3/c1-15(2,3)12-6-4-11(5-7-12)8-14-17-9-13(16)10-18-14/h4-7,14H,8-10H2,1-3H3. The molecule has 2 rings (SSSR count). The van der Waals surface area contributed by atoms with Gasteiger partial charge in [-0.2, -0.15) is 0 Å². The summed E-state index contributed by atoms with van der Waals surface area (Å²) in [6.07, 6.45) is 0.403. The van der Waals surface area contributed by atoms with Crippen LogP contribution in [0, 0.1) is 0 Å². The van der Waals surface area contributed by atoms with Crippen LogP contribution in [-0.4, -0.2) is 25.3 Å². The Balaban J connectivity index is 1.96. The molecule has 0 unspecified atom stereocenters. The molecule has 0 atom stereocenters. The smallest absolute Gasteiger partial charge is 0.184 e. The second-order valence-corrected chi connectivity index (χ2v) is 5.74. The molecule has 0 aliphatic carbocycles. The molecule has 1 aliphatic rings. The van der Waals surface area contributed by atoms with Crippen LogP contribution in [0.1, 0.15) is 31.9 Å². The van der Waals surface area contributed by atoms with Gasteiger partial charge in [-0.1, -0.05) is 45.0 Å². The molecular weight excluding hydrogens is 228 g/mol. The van der Waals surface area contributed by atoms with E-state index in [-0.39, 0.29) is 30.7 Å². The molecule has 0 aromatic heterocycles. The predicted octanol–water partition coefficient (Wildman–Crippen LogP) is 2.47. The Morgan fingerprint density at radius 3 is 2.17 bits per heavy atom. The molecule has 98 valence electrons. The van der Waals surface area contributed by atoms with Gasteiger partial charge >= 0.3 is 0 Å². The molecule has 0 spiro atoms. The molecule has 0 bridgehead atoms. The molecule has 3 nitrogen and oxygen atoms in total. The van der Waals surface area contributed by atoms with Crippen molar-refractivity contribution in [1.82, 2.24) is 0 Å². The maximum absolute atomic E-state index is 11.0. The number of benzene rings is 1. The number of Topliss-reactive ketones (excluding diaryl/α,β-unsaturated/α-hetero) is 1. The molecule has 0 N–H and O–H groups in total. The van der Waals surface area contributed by atoms with Crippen molar-refractivity contribution in [3.63, 3.8) is 0 Å². The number of carbonyl (C=O) groups is 1. The van der Waals surface area contributed by atoms with E-state index in [1.165, 1.54) is 11.1 Å². The van der Waals surface area contributed by atoms with E-state index >= 15 is 0 Å². The molecule has 1 aromatic rings. The zero-order valence-electron chi connectivity index (χ0n) is 11.2. The van der Waals surface area contributed by atoms with E-state index in [1.54, 1.807) is 0 Å². The average molecular weight is 248 g/mol. The number of hydrogen-bond donors (Lipinski definition) is 0. The quantitative estimate of drug-likeness (QED) is 0.806. The van der Waals surface area contributed by atoms with Gasteiger partial charge in [0.1, 0.15) is 13.2 Å². The fourth-order valence-electron chi connectivity index (χ4n) is 1.91. The van der Waals surface area contributed by atoms with Gasteiger partial charge in [-0.15, -0.1) is 0 Å². The van der Waals surface area contributed by atoms with Crippen LogP contribution in [0.5, 0.6) is 0 Å². The van der Waals surface area contributed by atoms with Crippen molar-refractivity contribution in [3.05, 3.63) is 35.4 Å². The summed E-state index contributed by atoms with van der Waals surface area (Å²) < 4.78 is 10.6. The summed E-state index contributed by atoms with van der Waals surface area (Å²) in [6, 6.07) is 8.49. The Hall–Kier alpha value is -1.19. The summed E-state index contributed by atoms with van der Waals surface area (Å²) in [7, 11) is 0. The van der Waals surface area contributed by atoms with Crippen LogP contribution in [-0.2, 0) is 26.1 Å². The molecule has 1 heterocycles. The number of hydrogen-bond acceptors (Lipinski definition) is 3. The maximum Gasteiger partial charge on any atom is 0.184 e. The fraction of sp³-hybridized carbons (Fsp3) is 0.533. The first-order chi connectivity index (χ1) is 8.45. The van der Waals surface area contributed by atoms with Gasteiger partial charge < -0.3 is 9.47 Å². The van der Waals surface area contributed by atoms with Crippen molar-refractivity contribution < 1.29 is 14.3 Å². The molecule has 0 amide bonds. The topological polar surface area (TPSA) is 35.5 Å². The molecule has 1 saturated heterocycles. The molecule has 18 heavy (non-hydrogen) atoms. The van der Waals surface area contributed by atoms with Crippen LogP contribution < -0.4 is 0 Å². The van der Waals surface area contributed by atoms with Gasteiger partial charge in [-0.3, -0.25) is 4.79 Å². The minimum atomic E-state index is -0.289. The van der Waals surface area contributed by atoms with Gasteiger partial charge in [-0.25, -0.2) is 0 Å². The van der Waals surface area contributed by atoms with Crippen molar-refractivity contribution >= 4 is 5.78 Å². The Kier molecular flexibility index (Phi) is 3.83. The van der Waals surface area contributed by atoms with E-state index in [2.05, 4.69) is 45.0 Å². The lowest BCUT2D eigenvalue weighted by molar-refractivity contribution is -0.185. The van der Waals surface area contributed by atoms with Gasteiger partial charge in [0.15, 0.2) is 12.1 Å². The lowest BCUT2D eigenvalue weighted by atomic mass is 9.86. The minimum absolute atomic E-state index is 0.00864. The molecule has 1 fully saturated rings. The molecule has 3 heteroatoms. The van der Waals surface area contributed by atoms with Gasteiger partial charge in [0, 0.05) is 6.42 Å². The van der Waals surface area contributed by atoms with Crippen molar-refractivity contribution in [2.75, 3.05) is 13.2 Å². The van der Waals surface area contributed by atoms with E-state index < -0.39 is 0 Å². The third kappa shape index (κ3) is 3.40. The summed E-state index contributed by atoms with van der Waals surface area (Å²) >= 11 is 0. The predicted molar refractivity (Wildman–Crippen MR) is 69.5 cm³/mol.